The Hall–Kier alpha value is -7.19. The van der Waals surface area contributed by atoms with Gasteiger partial charge in [-0.25, -0.2) is 9.59 Å². The second kappa shape index (κ2) is 72.8. The molecule has 0 bridgehead atoms. The second-order valence-electron chi connectivity index (χ2n) is 14.3. The predicted octanol–water partition coefficient (Wildman–Crippen LogP) is -2.63. The van der Waals surface area contributed by atoms with Crippen LogP contribution in [0.15, 0.2) is 15.0 Å². The summed E-state index contributed by atoms with van der Waals surface area (Å²) in [5.41, 5.74) is 36.5. The number of methoxy groups -OCH3 is 3. The van der Waals surface area contributed by atoms with Gasteiger partial charge in [0.2, 0.25) is 17.1 Å². The molecule has 31 heteroatoms. The number of nitrogens with two attached hydrogens (primary N) is 7. The lowest BCUT2D eigenvalue weighted by Crippen LogP contribution is -2.43. The first kappa shape index (κ1) is 92.3. The topological polar surface area (TPSA) is 440 Å². The zero-order valence-electron chi connectivity index (χ0n) is 47.9. The van der Waals surface area contributed by atoms with Crippen LogP contribution in [0.1, 0.15) is 59.3 Å². The van der Waals surface area contributed by atoms with Crippen molar-refractivity contribution in [1.82, 2.24) is 10.6 Å². The highest BCUT2D eigenvalue weighted by Crippen LogP contribution is 2.02. The number of esters is 2. The largest absolute Gasteiger partial charge is 0.480 e. The molecule has 2 amide bonds. The summed E-state index contributed by atoms with van der Waals surface area (Å²) in [6.07, 6.45) is 7.65. The van der Waals surface area contributed by atoms with Crippen molar-refractivity contribution in [2.75, 3.05) is 114 Å². The summed E-state index contributed by atoms with van der Waals surface area (Å²) < 4.78 is 38.7. The van der Waals surface area contributed by atoms with Crippen LogP contribution in [0.3, 0.4) is 0 Å². The second-order valence-corrected chi connectivity index (χ2v) is 14.7. The number of halogens is 1. The molecule has 0 spiro atoms. The molecule has 0 aliphatic carbocycles. The van der Waals surface area contributed by atoms with Crippen LogP contribution in [0, 0.1) is 83.4 Å². The van der Waals surface area contributed by atoms with Crippen molar-refractivity contribution >= 4 is 105 Å². The molecule has 0 aromatic rings. The van der Waals surface area contributed by atoms with E-state index in [1.54, 1.807) is 27.9 Å². The quantitative estimate of drug-likeness (QED) is 0.00787. The van der Waals surface area contributed by atoms with E-state index in [1.807, 2.05) is 0 Å². The SMILES string of the molecule is C#CC#CC#CC#CC#CC#CC#CC.CCOC(=O)[C@@H](N)CCCN=C(N)N.CCOC(=O)[C@H](CCCN=C(N)N)NC(=O)COCCOC.COCCOCC(=O)Cl.COCCOCC(=O)N[C@@H](CCCN=C(N)N)C(=O)O.S.S.S. The minimum atomic E-state index is -1.11. The summed E-state index contributed by atoms with van der Waals surface area (Å²) in [5.74, 6) is 29.1. The number of terminal acetylenes is 1. The number of amides is 2. The first-order chi connectivity index (χ1) is 38.2. The number of carbonyl (C=O) groups is 6. The number of hydrogen-bond donors (Lipinski definition) is 10. The number of guanidine groups is 3. The number of nitrogens with zero attached hydrogens (tertiary/aromatic N) is 3. The Morgan fingerprint density at radius 2 is 0.867 bits per heavy atom. The van der Waals surface area contributed by atoms with E-state index in [-0.39, 0.29) is 104 Å². The molecule has 0 radical (unpaired) electrons. The molecule has 0 aliphatic heterocycles. The maximum Gasteiger partial charge on any atom is 0.328 e. The van der Waals surface area contributed by atoms with Crippen molar-refractivity contribution in [3.8, 4) is 83.4 Å². The molecule has 0 heterocycles. The molecule has 0 saturated heterocycles. The summed E-state index contributed by atoms with van der Waals surface area (Å²) in [6, 6.07) is -2.31. The molecule has 83 heavy (non-hydrogen) atoms. The Morgan fingerprint density at radius 1 is 0.530 bits per heavy atom. The highest BCUT2D eigenvalue weighted by molar-refractivity contribution is 7.59. The summed E-state index contributed by atoms with van der Waals surface area (Å²) in [7, 11) is 4.61. The van der Waals surface area contributed by atoms with Gasteiger partial charge in [-0.2, -0.15) is 40.5 Å². The first-order valence-electron chi connectivity index (χ1n) is 24.1. The van der Waals surface area contributed by atoms with Gasteiger partial charge in [0.05, 0.1) is 52.9 Å². The van der Waals surface area contributed by atoms with E-state index in [0.29, 0.717) is 91.4 Å². The molecule has 0 aromatic heterocycles. The fourth-order valence-corrected chi connectivity index (χ4v) is 4.48. The van der Waals surface area contributed by atoms with Gasteiger partial charge in [0.15, 0.2) is 17.9 Å². The third-order valence-electron chi connectivity index (χ3n) is 7.79. The zero-order valence-corrected chi connectivity index (χ0v) is 51.6. The normalized spacial score (nSPS) is 9.58. The average molecular weight is 1250 g/mol. The molecule has 27 nitrogen and oxygen atoms in total. The lowest BCUT2D eigenvalue weighted by Gasteiger charge is -2.17. The lowest BCUT2D eigenvalue weighted by atomic mass is 10.1. The van der Waals surface area contributed by atoms with Crippen LogP contribution in [0.2, 0.25) is 0 Å². The van der Waals surface area contributed by atoms with Crippen molar-refractivity contribution < 1.29 is 71.8 Å². The van der Waals surface area contributed by atoms with E-state index in [4.69, 9.17) is 96.4 Å². The van der Waals surface area contributed by atoms with E-state index >= 15 is 0 Å². The van der Waals surface area contributed by atoms with Crippen molar-refractivity contribution in [3.63, 3.8) is 0 Å². The van der Waals surface area contributed by atoms with Crippen molar-refractivity contribution in [3.05, 3.63) is 0 Å². The molecular weight excluding hydrogens is 1160 g/mol. The Morgan fingerprint density at radius 3 is 1.20 bits per heavy atom. The van der Waals surface area contributed by atoms with Gasteiger partial charge in [-0.15, -0.1) is 6.42 Å². The number of nitrogens with one attached hydrogen (secondary N) is 2. The molecule has 0 aliphatic rings. The first-order valence-corrected chi connectivity index (χ1v) is 24.4. The summed E-state index contributed by atoms with van der Waals surface area (Å²) in [5, 5.41) is 13.4. The van der Waals surface area contributed by atoms with Gasteiger partial charge in [0, 0.05) is 41.0 Å². The van der Waals surface area contributed by atoms with E-state index in [9.17, 15) is 28.8 Å². The van der Waals surface area contributed by atoms with Gasteiger partial charge < -0.3 is 93.8 Å². The fourth-order valence-electron chi connectivity index (χ4n) is 4.40. The van der Waals surface area contributed by atoms with Crippen LogP contribution in [0.25, 0.3) is 0 Å². The minimum absolute atomic E-state index is 0. The smallest absolute Gasteiger partial charge is 0.328 e. The number of carboxylic acid groups (broad SMARTS) is 1. The van der Waals surface area contributed by atoms with Gasteiger partial charge in [-0.1, -0.05) is 5.92 Å². The van der Waals surface area contributed by atoms with Gasteiger partial charge in [-0.3, -0.25) is 34.2 Å². The van der Waals surface area contributed by atoms with Crippen LogP contribution in [0.5, 0.6) is 0 Å². The molecule has 468 valence electrons. The Bertz CT molecular complexity index is 2300. The number of carboxylic acids is 1. The lowest BCUT2D eigenvalue weighted by molar-refractivity contribution is -0.148. The average Bonchev–Trinajstić information content (AvgIpc) is 3.40. The Kier molecular flexibility index (Phi) is 81.0. The van der Waals surface area contributed by atoms with E-state index in [1.165, 1.54) is 14.2 Å². The van der Waals surface area contributed by atoms with Crippen molar-refractivity contribution in [2.24, 2.45) is 55.1 Å². The molecule has 0 saturated carbocycles. The molecular formula is C52H85ClN12O15S3. The van der Waals surface area contributed by atoms with E-state index in [2.05, 4.69) is 107 Å². The molecule has 0 aromatic carbocycles. The number of hydrogen-bond acceptors (Lipinski definition) is 18. The van der Waals surface area contributed by atoms with Crippen LogP contribution >= 0.6 is 52.1 Å². The molecule has 0 fully saturated rings. The van der Waals surface area contributed by atoms with Gasteiger partial charge in [-0.05, 0) is 142 Å². The highest BCUT2D eigenvalue weighted by atomic mass is 35.5. The molecule has 3 atom stereocenters. The van der Waals surface area contributed by atoms with Gasteiger partial charge in [0.25, 0.3) is 0 Å². The minimum Gasteiger partial charge on any atom is -0.480 e. The van der Waals surface area contributed by atoms with Crippen molar-refractivity contribution in [2.45, 2.75) is 77.4 Å². The summed E-state index contributed by atoms with van der Waals surface area (Å²) in [6.45, 7) is 8.75. The number of ether oxygens (including phenoxy) is 8. The van der Waals surface area contributed by atoms with Crippen molar-refractivity contribution in [1.29, 1.82) is 0 Å². The van der Waals surface area contributed by atoms with E-state index < -0.39 is 47.1 Å². The molecule has 0 unspecified atom stereocenters. The van der Waals surface area contributed by atoms with Crippen LogP contribution < -0.4 is 50.8 Å². The highest BCUT2D eigenvalue weighted by Gasteiger charge is 2.22. The monoisotopic (exact) mass is 1250 g/mol. The third-order valence-corrected chi connectivity index (χ3v) is 7.90. The Labute approximate surface area is 514 Å². The number of aliphatic imine (C=N–C) groups is 3. The van der Waals surface area contributed by atoms with Gasteiger partial charge >= 0.3 is 17.9 Å². The maximum atomic E-state index is 11.8. The summed E-state index contributed by atoms with van der Waals surface area (Å²) in [4.78, 5) is 78.3. The fraction of sp³-hybridized carbons (Fsp3) is 0.558. The standard InChI is InChI=1S/C15H4.C13H26N4O5.C11H22N4O5.C8H18N4O2.C5H9ClO3.3H2S/c1-3-5-7-9-11-13-15-14-12-10-8-6-4-2;1-3-22-12(19)10(5-4-6-16-13(14)15)17-11(18)9-21-8-7-20-2;1-19-5-6-20-7-9(16)15-8(10(17)18)3-2-4-14-11(12)13;1-2-14-7(13)6(9)4-3-5-12-8(10)11;1-8-2-3-9-4-5(6)7;;;/h1H,2H3;10H,3-9H2,1-2H3,(H,17,18)(H4,14,15,16);8H,2-7H2,1H3,(H,15,16)(H,17,18)(H4,12,13,14);6H,2-5,9H2,1H3,(H4,10,11,12);2-4H2,1H3;3*1H2/t;10-;8-;6-;;;;/m.000..../s1. The van der Waals surface area contributed by atoms with Crippen LogP contribution in [-0.4, -0.2) is 190 Å². The number of rotatable bonds is 34. The third kappa shape index (κ3) is 81.4. The van der Waals surface area contributed by atoms with Crippen LogP contribution in [-0.2, 0) is 66.7 Å². The predicted molar refractivity (Wildman–Crippen MR) is 334 cm³/mol. The molecule has 17 N–H and O–H groups in total. The Balaban J connectivity index is -0.000000144. The zero-order chi connectivity index (χ0) is 61.5. The van der Waals surface area contributed by atoms with Gasteiger partial charge in [0.1, 0.15) is 37.9 Å². The molecule has 0 rings (SSSR count). The maximum absolute atomic E-state index is 11.8. The van der Waals surface area contributed by atoms with E-state index in [0.717, 1.165) is 0 Å². The number of aliphatic carboxylic acids is 1. The summed E-state index contributed by atoms with van der Waals surface area (Å²) >= 11 is 4.95. The van der Waals surface area contributed by atoms with Crippen LogP contribution in [0.4, 0.5) is 0 Å². The number of carbonyl (C=O) groups excluding carboxylic acids is 5.